The molecule has 8 rings (SSSR count). The van der Waals surface area contributed by atoms with Gasteiger partial charge in [-0.25, -0.2) is 0 Å². The maximum atomic E-state index is 16.0. The van der Waals surface area contributed by atoms with E-state index in [-0.39, 0.29) is 19.0 Å². The summed E-state index contributed by atoms with van der Waals surface area (Å²) in [5.74, 6) is -0.274. The van der Waals surface area contributed by atoms with E-state index < -0.39 is 28.4 Å². The summed E-state index contributed by atoms with van der Waals surface area (Å²) in [5, 5.41) is 9.64. The minimum atomic E-state index is -3.94. The first-order chi connectivity index (χ1) is 22.1. The number of hydrogen-bond acceptors (Lipinski definition) is 2. The number of halogens is 3. The summed E-state index contributed by atoms with van der Waals surface area (Å²) in [7, 11) is 0. The summed E-state index contributed by atoms with van der Waals surface area (Å²) in [6.45, 7) is 3.72. The molecule has 2 aliphatic heterocycles. The van der Waals surface area contributed by atoms with Crippen molar-refractivity contribution in [3.05, 3.63) is 111 Å². The topological polar surface area (TPSA) is 34.2 Å². The van der Waals surface area contributed by atoms with Crippen LogP contribution in [0.3, 0.4) is 0 Å². The molecule has 0 saturated heterocycles. The number of carbonyl (C=O) groups is 1. The molecule has 0 unspecified atom stereocenters. The Morgan fingerprint density at radius 1 is 0.870 bits per heavy atom. The Hall–Kier alpha value is -4.05. The molecule has 0 saturated carbocycles. The number of ether oxygens (including phenoxy) is 1. The standard InChI is InChI=1S/C38H33BF2IN2O2/c1-22-19-25(4)44-39(40,41)43-24(3)20-23(2)38(43)33(37(22)42-44)15-8-16-34(45)46-21-27-17-18-32-30-13-6-10-26-9-5-12-29(35(26)30)31-14-7-11-28(27)36(31)32/h5-7,9-14,17-20H,8,15-16,21H2,1-4H3/q-1. The van der Waals surface area contributed by atoms with Crippen LogP contribution in [0.15, 0.2) is 88.0 Å². The minimum absolute atomic E-state index is 0.187. The number of rotatable bonds is 6. The van der Waals surface area contributed by atoms with Gasteiger partial charge in [0.25, 0.3) is 0 Å². The van der Waals surface area contributed by atoms with Gasteiger partial charge in [-0.2, -0.15) is 0 Å². The van der Waals surface area contributed by atoms with Crippen molar-refractivity contribution >= 4 is 67.3 Å². The number of aryl methyl sites for hydroxylation is 2. The summed E-state index contributed by atoms with van der Waals surface area (Å²) in [5.41, 5.74) is 5.65. The van der Waals surface area contributed by atoms with Crippen molar-refractivity contribution in [3.8, 4) is 0 Å². The third-order valence-electron chi connectivity index (χ3n) is 9.65. The normalized spacial score (nSPS) is 16.3. The quantitative estimate of drug-likeness (QED) is 0.0494. The number of allylic oxidation sites excluding steroid dienone is 4. The predicted octanol–water partition coefficient (Wildman–Crippen LogP) is 6.45. The summed E-state index contributed by atoms with van der Waals surface area (Å²) in [4.78, 5) is 13.1. The van der Waals surface area contributed by atoms with Crippen molar-refractivity contribution in [2.24, 2.45) is 0 Å². The fraction of sp³-hybridized carbons (Fsp3) is 0.211. The molecule has 4 nitrogen and oxygen atoms in total. The molecular weight excluding hydrogens is 692 g/mol. The third kappa shape index (κ3) is 4.36. The Morgan fingerprint density at radius 2 is 1.52 bits per heavy atom. The molecule has 8 heteroatoms. The zero-order valence-electron chi connectivity index (χ0n) is 26.3. The Bertz CT molecular complexity index is 2320. The van der Waals surface area contributed by atoms with E-state index in [0.717, 1.165) is 31.2 Å². The maximum absolute atomic E-state index is 16.0. The van der Waals surface area contributed by atoms with Crippen LogP contribution in [-0.4, -0.2) is 25.8 Å². The van der Waals surface area contributed by atoms with Crippen LogP contribution in [0.25, 0.3) is 48.7 Å². The molecule has 1 aromatic heterocycles. The molecule has 0 fully saturated rings. The average Bonchev–Trinajstić information content (AvgIpc) is 3.30. The number of fused-ring (bicyclic) bond motifs is 5. The molecule has 6 aromatic rings. The van der Waals surface area contributed by atoms with Gasteiger partial charge in [-0.1, -0.05) is 42.5 Å². The second kappa shape index (κ2) is 10.8. The van der Waals surface area contributed by atoms with E-state index in [4.69, 9.17) is 4.74 Å². The van der Waals surface area contributed by atoms with Crippen LogP contribution >= 0.6 is 0 Å². The van der Waals surface area contributed by atoms with Crippen molar-refractivity contribution in [2.75, 3.05) is 0 Å². The van der Waals surface area contributed by atoms with Gasteiger partial charge in [-0.3, -0.25) is 0 Å². The van der Waals surface area contributed by atoms with Crippen LogP contribution < -0.4 is 21.5 Å². The van der Waals surface area contributed by atoms with Crippen LogP contribution in [0.2, 0.25) is 0 Å². The van der Waals surface area contributed by atoms with Crippen molar-refractivity contribution in [1.29, 1.82) is 0 Å². The molecule has 0 aliphatic carbocycles. The Labute approximate surface area is 277 Å². The first-order valence-electron chi connectivity index (χ1n) is 15.8. The molecule has 0 N–H and O–H groups in total. The first kappa shape index (κ1) is 29.4. The number of nitrogens with zero attached hydrogens (tertiary/aromatic N) is 2. The fourth-order valence-electron chi connectivity index (χ4n) is 7.76. The summed E-state index contributed by atoms with van der Waals surface area (Å²) < 4.78 is 41.6. The van der Waals surface area contributed by atoms with Crippen LogP contribution in [0, 0.1) is 13.8 Å². The number of hydrogen-bond donors (Lipinski definition) is 0. The second-order valence-electron chi connectivity index (χ2n) is 12.7. The summed E-state index contributed by atoms with van der Waals surface area (Å²) in [6, 6.07) is 25.4. The van der Waals surface area contributed by atoms with Gasteiger partial charge in [0.1, 0.15) is 0 Å². The zero-order valence-corrected chi connectivity index (χ0v) is 28.4. The number of aromatic nitrogens is 1. The number of carbonyl (C=O) groups excluding carboxylic acids is 1. The van der Waals surface area contributed by atoms with E-state index in [1.807, 2.05) is 26.0 Å². The van der Waals surface area contributed by atoms with Crippen molar-refractivity contribution < 1.29 is 42.3 Å². The summed E-state index contributed by atoms with van der Waals surface area (Å²) >= 11 is -1.08. The molecule has 0 radical (unpaired) electrons. The SMILES string of the molecule is CC1=CC(C)=[N+]2[I-]C1=C(CCCC(=O)OCc1ccc3c4cccc5cccc(c6cccc1c63)c54)c1c(C)cc(C)n1[B-]2(F)F. The van der Waals surface area contributed by atoms with Crippen LogP contribution in [0.4, 0.5) is 8.63 Å². The molecule has 0 spiro atoms. The van der Waals surface area contributed by atoms with E-state index in [1.54, 1.807) is 13.8 Å². The Kier molecular flexibility index (Phi) is 6.87. The molecule has 0 atom stereocenters. The predicted molar refractivity (Wildman–Crippen MR) is 180 cm³/mol. The van der Waals surface area contributed by atoms with Crippen molar-refractivity contribution in [3.63, 3.8) is 0 Å². The van der Waals surface area contributed by atoms with Gasteiger partial charge in [0.15, 0.2) is 0 Å². The van der Waals surface area contributed by atoms with E-state index in [0.29, 0.717) is 29.9 Å². The monoisotopic (exact) mass is 725 g/mol. The average molecular weight is 725 g/mol. The molecule has 2 aliphatic rings. The molecule has 2 bridgehead atoms. The van der Waals surface area contributed by atoms with E-state index >= 15 is 8.63 Å². The Morgan fingerprint density at radius 3 is 2.26 bits per heavy atom. The van der Waals surface area contributed by atoms with E-state index in [9.17, 15) is 4.79 Å². The first-order valence-corrected chi connectivity index (χ1v) is 17.8. The van der Waals surface area contributed by atoms with Gasteiger partial charge in [0, 0.05) is 0 Å². The Balaban J connectivity index is 1.05. The molecule has 0 amide bonds. The fourth-order valence-corrected chi connectivity index (χ4v) is 10.7. The number of benzene rings is 5. The van der Waals surface area contributed by atoms with E-state index in [2.05, 4.69) is 66.7 Å². The third-order valence-corrected chi connectivity index (χ3v) is 13.6. The van der Waals surface area contributed by atoms with Gasteiger partial charge < -0.3 is 0 Å². The van der Waals surface area contributed by atoms with Crippen LogP contribution in [0.5, 0.6) is 0 Å². The van der Waals surface area contributed by atoms with Crippen LogP contribution in [0.1, 0.15) is 55.6 Å². The van der Waals surface area contributed by atoms with Crippen molar-refractivity contribution in [1.82, 2.24) is 4.48 Å². The molecule has 46 heavy (non-hydrogen) atoms. The molecule has 3 heterocycles. The van der Waals surface area contributed by atoms with E-state index in [1.165, 1.54) is 44.9 Å². The van der Waals surface area contributed by atoms with Gasteiger partial charge in [-0.15, -0.1) is 0 Å². The zero-order chi connectivity index (χ0) is 31.9. The second-order valence-corrected chi connectivity index (χ2v) is 15.3. The summed E-state index contributed by atoms with van der Waals surface area (Å²) in [6.07, 6.45) is 3.19. The van der Waals surface area contributed by atoms with Gasteiger partial charge in [0.05, 0.1) is 0 Å². The molecule has 232 valence electrons. The molecular formula is C38H33BF2IN2O2-. The van der Waals surface area contributed by atoms with Crippen LogP contribution in [-0.2, 0) is 16.1 Å². The number of esters is 1. The van der Waals surface area contributed by atoms with Gasteiger partial charge in [0.2, 0.25) is 0 Å². The molecule has 5 aromatic carbocycles. The van der Waals surface area contributed by atoms with Crippen molar-refractivity contribution in [2.45, 2.75) is 53.6 Å². The van der Waals surface area contributed by atoms with Gasteiger partial charge >= 0.3 is 214 Å². The van der Waals surface area contributed by atoms with Gasteiger partial charge in [-0.05, 0) is 21.5 Å².